The van der Waals surface area contributed by atoms with E-state index in [-0.39, 0.29) is 23.2 Å². The second-order valence-corrected chi connectivity index (χ2v) is 7.76. The molecule has 154 valence electrons. The number of likely N-dealkylation sites (N-methyl/N-ethyl adjacent to an activating group) is 2. The van der Waals surface area contributed by atoms with E-state index in [9.17, 15) is 14.4 Å². The first-order valence-corrected chi connectivity index (χ1v) is 10.1. The maximum absolute atomic E-state index is 12.4. The van der Waals surface area contributed by atoms with E-state index in [0.29, 0.717) is 42.1 Å². The number of nitrogens with zero attached hydrogens (tertiary/aromatic N) is 3. The van der Waals surface area contributed by atoms with Gasteiger partial charge in [-0.25, -0.2) is 0 Å². The lowest BCUT2D eigenvalue weighted by Crippen LogP contribution is -2.52. The van der Waals surface area contributed by atoms with Crippen molar-refractivity contribution in [3.8, 4) is 5.75 Å². The normalized spacial score (nSPS) is 17.7. The molecule has 2 aliphatic heterocycles. The fraction of sp³-hybridized carbons (Fsp3) is 0.368. The predicted octanol–water partition coefficient (Wildman–Crippen LogP) is 1.29. The van der Waals surface area contributed by atoms with Gasteiger partial charge in [-0.2, -0.15) is 0 Å². The summed E-state index contributed by atoms with van der Waals surface area (Å²) >= 11 is 8.49. The van der Waals surface area contributed by atoms with Crippen LogP contribution in [0.5, 0.6) is 5.75 Å². The average Bonchev–Trinajstić information content (AvgIpc) is 2.73. The summed E-state index contributed by atoms with van der Waals surface area (Å²) in [7, 11) is 3.06. The topological polar surface area (TPSA) is 79.4 Å². The average molecular weight is 482 g/mol. The number of hydrogen-bond acceptors (Lipinski definition) is 6. The molecule has 10 heteroatoms. The van der Waals surface area contributed by atoms with Crippen molar-refractivity contribution in [3.63, 3.8) is 0 Å². The zero-order chi connectivity index (χ0) is 21.1. The predicted molar refractivity (Wildman–Crippen MR) is 113 cm³/mol. The molecular weight excluding hydrogens is 462 g/mol. The Kier molecular flexibility index (Phi) is 6.66. The molecule has 0 atom stereocenters. The van der Waals surface area contributed by atoms with Gasteiger partial charge in [0.2, 0.25) is 0 Å². The highest BCUT2D eigenvalue weighted by molar-refractivity contribution is 9.10. The molecule has 0 unspecified atom stereocenters. The van der Waals surface area contributed by atoms with Gasteiger partial charge in [-0.15, -0.1) is 0 Å². The van der Waals surface area contributed by atoms with Gasteiger partial charge in [-0.05, 0) is 51.9 Å². The lowest BCUT2D eigenvalue weighted by atomic mass is 10.1. The zero-order valence-electron chi connectivity index (χ0n) is 16.0. The van der Waals surface area contributed by atoms with Gasteiger partial charge in [0, 0.05) is 27.2 Å². The van der Waals surface area contributed by atoms with E-state index in [2.05, 4.69) is 15.9 Å². The third-order valence-corrected chi connectivity index (χ3v) is 5.79. The summed E-state index contributed by atoms with van der Waals surface area (Å²) in [6.45, 7) is 2.11. The molecule has 2 fully saturated rings. The number of rotatable bonds is 4. The third-order valence-electron chi connectivity index (χ3n) is 4.63. The van der Waals surface area contributed by atoms with Gasteiger partial charge < -0.3 is 14.4 Å². The molecule has 0 radical (unpaired) electrons. The van der Waals surface area contributed by atoms with Crippen LogP contribution in [-0.4, -0.2) is 84.5 Å². The van der Waals surface area contributed by atoms with Crippen LogP contribution in [0, 0.1) is 0 Å². The van der Waals surface area contributed by atoms with Crippen LogP contribution in [0.2, 0.25) is 0 Å². The van der Waals surface area contributed by atoms with Crippen LogP contribution in [-0.2, 0) is 19.1 Å². The monoisotopic (exact) mass is 481 g/mol. The van der Waals surface area contributed by atoms with Crippen molar-refractivity contribution < 1.29 is 23.9 Å². The van der Waals surface area contributed by atoms with Gasteiger partial charge in [0.25, 0.3) is 17.7 Å². The van der Waals surface area contributed by atoms with E-state index in [0.717, 1.165) is 0 Å². The first-order chi connectivity index (χ1) is 13.8. The van der Waals surface area contributed by atoms with Crippen LogP contribution in [0.1, 0.15) is 5.56 Å². The Labute approximate surface area is 182 Å². The van der Waals surface area contributed by atoms with Crippen molar-refractivity contribution in [1.82, 2.24) is 14.7 Å². The molecule has 8 nitrogen and oxygen atoms in total. The molecular formula is C19H20BrN3O5S. The number of carbonyl (C=O) groups is 3. The summed E-state index contributed by atoms with van der Waals surface area (Å²) in [5.41, 5.74) is 0.654. The number of ether oxygens (including phenoxy) is 2. The van der Waals surface area contributed by atoms with Crippen LogP contribution in [0.15, 0.2) is 28.2 Å². The minimum atomic E-state index is -0.453. The van der Waals surface area contributed by atoms with E-state index in [4.69, 9.17) is 21.7 Å². The molecule has 3 amide bonds. The Balaban J connectivity index is 1.71. The van der Waals surface area contributed by atoms with Gasteiger partial charge in [-0.1, -0.05) is 6.07 Å². The molecule has 0 spiro atoms. The second-order valence-electron chi connectivity index (χ2n) is 6.54. The molecule has 1 aromatic rings. The molecule has 2 aliphatic rings. The van der Waals surface area contributed by atoms with Crippen LogP contribution in [0.3, 0.4) is 0 Å². The van der Waals surface area contributed by atoms with Gasteiger partial charge in [0.05, 0.1) is 17.7 Å². The second kappa shape index (κ2) is 9.02. The number of morpholine rings is 1. The van der Waals surface area contributed by atoms with E-state index in [1.54, 1.807) is 23.1 Å². The number of amides is 3. The summed E-state index contributed by atoms with van der Waals surface area (Å²) in [6.07, 6.45) is 1.51. The lowest BCUT2D eigenvalue weighted by Gasteiger charge is -2.31. The largest absolute Gasteiger partial charge is 0.483 e. The Hall–Kier alpha value is -2.30. The number of benzene rings is 1. The van der Waals surface area contributed by atoms with E-state index >= 15 is 0 Å². The quantitative estimate of drug-likeness (QED) is 0.366. The number of carbonyl (C=O) groups excluding carboxylic acids is 3. The number of hydrogen-bond donors (Lipinski definition) is 0. The minimum Gasteiger partial charge on any atom is -0.483 e. The summed E-state index contributed by atoms with van der Waals surface area (Å²) in [6, 6.07) is 5.10. The molecule has 2 heterocycles. The molecule has 0 aromatic heterocycles. The van der Waals surface area contributed by atoms with Crippen LogP contribution < -0.4 is 4.74 Å². The minimum absolute atomic E-state index is 0.0201. The van der Waals surface area contributed by atoms with Crippen molar-refractivity contribution in [2.24, 2.45) is 0 Å². The van der Waals surface area contributed by atoms with Crippen molar-refractivity contribution >= 4 is 57.1 Å². The highest BCUT2D eigenvalue weighted by atomic mass is 79.9. The molecule has 0 aliphatic carbocycles. The van der Waals surface area contributed by atoms with Gasteiger partial charge >= 0.3 is 0 Å². The van der Waals surface area contributed by atoms with Gasteiger partial charge in [0.15, 0.2) is 11.7 Å². The summed E-state index contributed by atoms with van der Waals surface area (Å²) in [5.74, 6) is -0.520. The standard InChI is InChI=1S/C19H20BrN3O5S/c1-21-17(25)13(18(26)22(2)19(21)29)9-12-3-4-15(14(20)10-12)28-11-16(24)23-5-7-27-8-6-23/h3-4,9-10H,5-8,11H2,1-2H3. The zero-order valence-corrected chi connectivity index (χ0v) is 18.4. The molecule has 3 rings (SSSR count). The van der Waals surface area contributed by atoms with Crippen LogP contribution >= 0.6 is 28.1 Å². The Morgan fingerprint density at radius 3 is 2.41 bits per heavy atom. The van der Waals surface area contributed by atoms with Crippen LogP contribution in [0.4, 0.5) is 0 Å². The number of halogens is 1. The summed E-state index contributed by atoms with van der Waals surface area (Å²) in [5, 5.41) is 0.159. The molecule has 0 N–H and O–H groups in total. The van der Waals surface area contributed by atoms with Crippen molar-refractivity contribution in [2.45, 2.75) is 0 Å². The lowest BCUT2D eigenvalue weighted by molar-refractivity contribution is -0.137. The van der Waals surface area contributed by atoms with E-state index < -0.39 is 11.8 Å². The SMILES string of the molecule is CN1C(=O)C(=Cc2ccc(OCC(=O)N3CCOCC3)c(Br)c2)C(=O)N(C)C1=S. The maximum Gasteiger partial charge on any atom is 0.265 e. The van der Waals surface area contributed by atoms with Gasteiger partial charge in [0.1, 0.15) is 11.3 Å². The third kappa shape index (κ3) is 4.65. The Morgan fingerprint density at radius 1 is 1.21 bits per heavy atom. The van der Waals surface area contributed by atoms with Gasteiger partial charge in [-0.3, -0.25) is 24.2 Å². The highest BCUT2D eigenvalue weighted by Crippen LogP contribution is 2.28. The van der Waals surface area contributed by atoms with Crippen molar-refractivity contribution in [3.05, 3.63) is 33.8 Å². The summed E-state index contributed by atoms with van der Waals surface area (Å²) in [4.78, 5) is 41.2. The van der Waals surface area contributed by atoms with Crippen molar-refractivity contribution in [2.75, 3.05) is 47.0 Å². The fourth-order valence-corrected chi connectivity index (χ4v) is 3.59. The molecule has 0 bridgehead atoms. The first kappa shape index (κ1) is 21.4. The molecule has 29 heavy (non-hydrogen) atoms. The Bertz CT molecular complexity index is 872. The highest BCUT2D eigenvalue weighted by Gasteiger charge is 2.35. The summed E-state index contributed by atoms with van der Waals surface area (Å²) < 4.78 is 11.5. The molecule has 0 saturated carbocycles. The fourth-order valence-electron chi connectivity index (χ4n) is 2.91. The van der Waals surface area contributed by atoms with E-state index in [1.807, 2.05) is 0 Å². The van der Waals surface area contributed by atoms with Crippen LogP contribution in [0.25, 0.3) is 6.08 Å². The molecule has 2 saturated heterocycles. The first-order valence-electron chi connectivity index (χ1n) is 8.89. The Morgan fingerprint density at radius 2 is 1.83 bits per heavy atom. The smallest absolute Gasteiger partial charge is 0.265 e. The van der Waals surface area contributed by atoms with Crippen molar-refractivity contribution in [1.29, 1.82) is 0 Å². The van der Waals surface area contributed by atoms with E-state index in [1.165, 1.54) is 30.0 Å². The number of thiocarbonyl (C=S) groups is 1. The molecule has 1 aromatic carbocycles. The maximum atomic E-state index is 12.4.